The van der Waals surface area contributed by atoms with Crippen molar-refractivity contribution < 1.29 is 13.2 Å². The lowest BCUT2D eigenvalue weighted by molar-refractivity contribution is 0.381. The molecule has 4 rings (SSSR count). The van der Waals surface area contributed by atoms with E-state index in [-0.39, 0.29) is 0 Å². The lowest BCUT2D eigenvalue weighted by Crippen LogP contribution is -2.50. The average molecular weight is 399 g/mol. The predicted molar refractivity (Wildman–Crippen MR) is 109 cm³/mol. The molecule has 0 saturated carbocycles. The van der Waals surface area contributed by atoms with Crippen molar-refractivity contribution >= 4 is 32.7 Å². The van der Waals surface area contributed by atoms with Crippen molar-refractivity contribution in [2.45, 2.75) is 0 Å². The number of hydrogen-bond acceptors (Lipinski definition) is 6. The molecule has 1 aliphatic rings. The van der Waals surface area contributed by atoms with E-state index in [9.17, 15) is 8.42 Å². The van der Waals surface area contributed by atoms with E-state index in [0.29, 0.717) is 37.9 Å². The molecule has 3 heterocycles. The van der Waals surface area contributed by atoms with Crippen LogP contribution in [0.2, 0.25) is 0 Å². The van der Waals surface area contributed by atoms with Crippen LogP contribution >= 0.6 is 0 Å². The molecule has 0 atom stereocenters. The van der Waals surface area contributed by atoms with Crippen LogP contribution in [0.3, 0.4) is 0 Å². The smallest absolute Gasteiger partial charge is 0.302 e. The Kier molecular flexibility index (Phi) is 5.01. The van der Waals surface area contributed by atoms with Crippen molar-refractivity contribution in [2.24, 2.45) is 0 Å². The number of rotatable bonds is 5. The number of methoxy groups -OCH3 is 1. The molecule has 8 nitrogen and oxygen atoms in total. The molecule has 146 valence electrons. The summed E-state index contributed by atoms with van der Waals surface area (Å²) >= 11 is 0. The highest BCUT2D eigenvalue weighted by atomic mass is 32.2. The van der Waals surface area contributed by atoms with Crippen LogP contribution in [0.15, 0.2) is 54.6 Å². The molecule has 0 aliphatic carbocycles. The maximum atomic E-state index is 12.8. The normalized spacial score (nSPS) is 15.5. The Bertz CT molecular complexity index is 1080. The average Bonchev–Trinajstić information content (AvgIpc) is 2.73. The third-order valence-electron chi connectivity index (χ3n) is 4.65. The number of anilines is 2. The number of fused-ring (bicyclic) bond motifs is 1. The minimum Gasteiger partial charge on any atom is -0.481 e. The summed E-state index contributed by atoms with van der Waals surface area (Å²) in [6.07, 6.45) is 0. The topological polar surface area (TPSA) is 87.7 Å². The van der Waals surface area contributed by atoms with Crippen LogP contribution in [0.4, 0.5) is 11.6 Å². The molecule has 0 radical (unpaired) electrons. The lowest BCUT2D eigenvalue weighted by Gasteiger charge is -2.34. The molecular formula is C19H21N5O3S. The largest absolute Gasteiger partial charge is 0.481 e. The van der Waals surface area contributed by atoms with Crippen LogP contribution in [0, 0.1) is 0 Å². The molecule has 0 bridgehead atoms. The van der Waals surface area contributed by atoms with Crippen LogP contribution in [0.1, 0.15) is 0 Å². The second-order valence-electron chi connectivity index (χ2n) is 6.42. The fourth-order valence-electron chi connectivity index (χ4n) is 3.17. The number of nitrogens with zero attached hydrogens (tertiary/aromatic N) is 4. The number of piperazine rings is 1. The number of nitrogens with one attached hydrogen (secondary N) is 1. The van der Waals surface area contributed by atoms with Gasteiger partial charge in [0.1, 0.15) is 11.6 Å². The zero-order valence-corrected chi connectivity index (χ0v) is 16.3. The molecule has 1 aliphatic heterocycles. The molecule has 1 saturated heterocycles. The summed E-state index contributed by atoms with van der Waals surface area (Å²) in [5, 5.41) is 0.963. The first-order valence-electron chi connectivity index (χ1n) is 8.95. The van der Waals surface area contributed by atoms with Gasteiger partial charge in [0.05, 0.1) is 12.6 Å². The number of aromatic nitrogens is 2. The van der Waals surface area contributed by atoms with E-state index in [2.05, 4.69) is 14.7 Å². The minimum atomic E-state index is -3.67. The zero-order valence-electron chi connectivity index (χ0n) is 15.4. The number of para-hydroxylation sites is 1. The first-order valence-corrected chi connectivity index (χ1v) is 10.4. The Morgan fingerprint density at radius 2 is 1.71 bits per heavy atom. The van der Waals surface area contributed by atoms with E-state index in [1.807, 2.05) is 47.4 Å². The van der Waals surface area contributed by atoms with Gasteiger partial charge in [0, 0.05) is 37.6 Å². The summed E-state index contributed by atoms with van der Waals surface area (Å²) in [5.41, 5.74) is 0.747. The molecule has 9 heteroatoms. The molecule has 2 aromatic heterocycles. The maximum absolute atomic E-state index is 12.8. The van der Waals surface area contributed by atoms with Crippen molar-refractivity contribution in [3.05, 3.63) is 54.6 Å². The van der Waals surface area contributed by atoms with Gasteiger partial charge >= 0.3 is 10.2 Å². The quantitative estimate of drug-likeness (QED) is 0.707. The van der Waals surface area contributed by atoms with Gasteiger partial charge in [-0.2, -0.15) is 17.7 Å². The second-order valence-corrected chi connectivity index (χ2v) is 8.09. The van der Waals surface area contributed by atoms with E-state index in [1.54, 1.807) is 19.2 Å². The highest BCUT2D eigenvalue weighted by Gasteiger charge is 2.27. The molecular weight excluding hydrogens is 378 g/mol. The van der Waals surface area contributed by atoms with Crippen LogP contribution in [0.5, 0.6) is 5.88 Å². The summed E-state index contributed by atoms with van der Waals surface area (Å²) in [6.45, 7) is 1.82. The third-order valence-corrected chi connectivity index (χ3v) is 6.16. The first-order chi connectivity index (χ1) is 13.5. The van der Waals surface area contributed by atoms with Gasteiger partial charge in [-0.25, -0.2) is 4.98 Å². The SMILES string of the molecule is COc1cccc(N2CCN(S(=O)(=O)Nc3ccc4ccccc4n3)CC2)n1. The minimum absolute atomic E-state index is 0.315. The fraction of sp³-hybridized carbons (Fsp3) is 0.263. The molecule has 1 aromatic carbocycles. The van der Waals surface area contributed by atoms with E-state index >= 15 is 0 Å². The summed E-state index contributed by atoms with van der Waals surface area (Å²) in [6, 6.07) is 16.7. The molecule has 0 unspecified atom stereocenters. The molecule has 0 spiro atoms. The Hall–Kier alpha value is -2.91. The van der Waals surface area contributed by atoms with Gasteiger partial charge in [-0.05, 0) is 24.3 Å². The predicted octanol–water partition coefficient (Wildman–Crippen LogP) is 2.12. The number of ether oxygens (including phenoxy) is 1. The van der Waals surface area contributed by atoms with Gasteiger partial charge in [0.25, 0.3) is 0 Å². The van der Waals surface area contributed by atoms with Crippen molar-refractivity contribution in [1.29, 1.82) is 0 Å². The molecule has 0 amide bonds. The summed E-state index contributed by atoms with van der Waals surface area (Å²) < 4.78 is 34.7. The number of hydrogen-bond donors (Lipinski definition) is 1. The Morgan fingerprint density at radius 1 is 0.929 bits per heavy atom. The van der Waals surface area contributed by atoms with Gasteiger partial charge in [0.15, 0.2) is 0 Å². The third kappa shape index (κ3) is 3.85. The summed E-state index contributed by atoms with van der Waals surface area (Å²) in [5.74, 6) is 1.63. The van der Waals surface area contributed by atoms with Crippen molar-refractivity contribution in [3.8, 4) is 5.88 Å². The molecule has 3 aromatic rings. The number of pyridine rings is 2. The van der Waals surface area contributed by atoms with Crippen LogP contribution in [-0.4, -0.2) is 56.0 Å². The van der Waals surface area contributed by atoms with Crippen molar-refractivity contribution in [3.63, 3.8) is 0 Å². The monoisotopic (exact) mass is 399 g/mol. The van der Waals surface area contributed by atoms with Gasteiger partial charge in [-0.3, -0.25) is 4.72 Å². The zero-order chi connectivity index (χ0) is 19.6. The Labute approximate surface area is 164 Å². The maximum Gasteiger partial charge on any atom is 0.302 e. The van der Waals surface area contributed by atoms with Gasteiger partial charge in [0.2, 0.25) is 5.88 Å². The van der Waals surface area contributed by atoms with Gasteiger partial charge < -0.3 is 9.64 Å². The van der Waals surface area contributed by atoms with E-state index in [1.165, 1.54) is 4.31 Å². The van der Waals surface area contributed by atoms with Gasteiger partial charge in [-0.1, -0.05) is 24.3 Å². The summed E-state index contributed by atoms with van der Waals surface area (Å²) in [7, 11) is -2.10. The van der Waals surface area contributed by atoms with E-state index in [4.69, 9.17) is 4.74 Å². The molecule has 1 fully saturated rings. The van der Waals surface area contributed by atoms with E-state index < -0.39 is 10.2 Å². The number of benzene rings is 1. The highest BCUT2D eigenvalue weighted by molar-refractivity contribution is 7.90. The van der Waals surface area contributed by atoms with E-state index in [0.717, 1.165) is 16.7 Å². The van der Waals surface area contributed by atoms with Crippen LogP contribution in [-0.2, 0) is 10.2 Å². The van der Waals surface area contributed by atoms with Crippen molar-refractivity contribution in [1.82, 2.24) is 14.3 Å². The standard InChI is InChI=1S/C19H21N5O3S/c1-27-19-8-4-7-18(21-19)23-11-13-24(14-12-23)28(25,26)22-17-10-9-15-5-2-3-6-16(15)20-17/h2-10H,11-14H2,1H3,(H,20,22). The second kappa shape index (κ2) is 7.61. The Morgan fingerprint density at radius 3 is 2.50 bits per heavy atom. The van der Waals surface area contributed by atoms with Crippen molar-refractivity contribution in [2.75, 3.05) is 42.9 Å². The summed E-state index contributed by atoms with van der Waals surface area (Å²) in [4.78, 5) is 10.8. The molecule has 28 heavy (non-hydrogen) atoms. The van der Waals surface area contributed by atoms with Gasteiger partial charge in [-0.15, -0.1) is 0 Å². The van der Waals surface area contributed by atoms with Crippen LogP contribution in [0.25, 0.3) is 10.9 Å². The highest BCUT2D eigenvalue weighted by Crippen LogP contribution is 2.20. The first kappa shape index (κ1) is 18.5. The molecule has 1 N–H and O–H groups in total. The van der Waals surface area contributed by atoms with Crippen LogP contribution < -0.4 is 14.4 Å². The Balaban J connectivity index is 1.44. The fourth-order valence-corrected chi connectivity index (χ4v) is 4.32. The lowest BCUT2D eigenvalue weighted by atomic mass is 10.2.